The molecule has 1 aliphatic heterocycles. The Balaban J connectivity index is 2.74. The first-order valence-electron chi connectivity index (χ1n) is 5.63. The van der Waals surface area contributed by atoms with Gasteiger partial charge in [-0.3, -0.25) is 4.79 Å². The molecule has 1 aromatic carbocycles. The fourth-order valence-electron chi connectivity index (χ4n) is 1.83. The molecule has 11 N–H and O–H groups in total. The summed E-state index contributed by atoms with van der Waals surface area (Å²) in [6.45, 7) is 0. The van der Waals surface area contributed by atoms with E-state index >= 15 is 0 Å². The second-order valence-corrected chi connectivity index (χ2v) is 4.53. The van der Waals surface area contributed by atoms with Crippen molar-refractivity contribution in [1.29, 1.82) is 0 Å². The zero-order valence-electron chi connectivity index (χ0n) is 10.9. The number of anilines is 2. The number of carbonyl (C=O) groups excluding carboxylic acids is 1. The Labute approximate surface area is 125 Å². The summed E-state index contributed by atoms with van der Waals surface area (Å²) in [6.07, 6.45) is 0. The molecule has 0 bridgehead atoms. The summed E-state index contributed by atoms with van der Waals surface area (Å²) in [5.74, 6) is -14.5. The number of phenolic OH excluding ortho intramolecular Hbond substituents is 4. The highest BCUT2D eigenvalue weighted by Gasteiger charge is 2.58. The number of carbonyl (C=O) groups is 1. The van der Waals surface area contributed by atoms with E-state index in [0.717, 1.165) is 0 Å². The third-order valence-electron chi connectivity index (χ3n) is 2.96. The van der Waals surface area contributed by atoms with Crippen molar-refractivity contribution in [3.05, 3.63) is 0 Å². The second-order valence-electron chi connectivity index (χ2n) is 4.53. The lowest BCUT2D eigenvalue weighted by Gasteiger charge is -2.21. The number of hydrogen-bond donors (Lipinski definition) is 10. The van der Waals surface area contributed by atoms with Gasteiger partial charge in [0.25, 0.3) is 5.79 Å². The molecule has 0 saturated heterocycles. The lowest BCUT2D eigenvalue weighted by Crippen LogP contribution is -2.55. The van der Waals surface area contributed by atoms with Gasteiger partial charge in [0.15, 0.2) is 17.2 Å². The van der Waals surface area contributed by atoms with E-state index in [1.54, 1.807) is 0 Å². The molecule has 0 radical (unpaired) electrons. The first kappa shape index (κ1) is 16.5. The van der Waals surface area contributed by atoms with E-state index < -0.39 is 57.8 Å². The predicted molar refractivity (Wildman–Crippen MR) is 69.0 cm³/mol. The average molecular weight is 333 g/mol. The number of hydrazone groups is 1. The standard InChI is InChI=1S/C10H11N3O10/c11-1-2(4(15)6(17)5(16)3(1)14)13-8(18)9(19,20)7(12-13)10(21,22)23/h14-17,19-23H,11H2. The Morgan fingerprint density at radius 2 is 1.43 bits per heavy atom. The van der Waals surface area contributed by atoms with Gasteiger partial charge in [-0.25, -0.2) is 0 Å². The molecule has 13 nitrogen and oxygen atoms in total. The van der Waals surface area contributed by atoms with Crippen LogP contribution >= 0.6 is 0 Å². The Bertz CT molecular complexity index is 706. The van der Waals surface area contributed by atoms with Crippen LogP contribution in [0.15, 0.2) is 5.10 Å². The first-order chi connectivity index (χ1) is 10.3. The van der Waals surface area contributed by atoms with Crippen molar-refractivity contribution >= 4 is 23.0 Å². The number of rotatable bonds is 2. The lowest BCUT2D eigenvalue weighted by molar-refractivity contribution is -0.267. The maximum atomic E-state index is 11.9. The third kappa shape index (κ3) is 2.16. The lowest BCUT2D eigenvalue weighted by atomic mass is 10.1. The fraction of sp³-hybridized carbons (Fsp3) is 0.200. The Morgan fingerprint density at radius 3 is 1.87 bits per heavy atom. The largest absolute Gasteiger partial charge is 0.503 e. The van der Waals surface area contributed by atoms with Crippen molar-refractivity contribution in [2.45, 2.75) is 11.8 Å². The monoisotopic (exact) mass is 333 g/mol. The van der Waals surface area contributed by atoms with Crippen molar-refractivity contribution in [3.63, 3.8) is 0 Å². The number of phenols is 4. The van der Waals surface area contributed by atoms with Crippen molar-refractivity contribution in [3.8, 4) is 23.0 Å². The minimum atomic E-state index is -3.93. The van der Waals surface area contributed by atoms with E-state index in [-0.39, 0.29) is 5.01 Å². The summed E-state index contributed by atoms with van der Waals surface area (Å²) in [6, 6.07) is 0. The summed E-state index contributed by atoms with van der Waals surface area (Å²) in [7, 11) is 0. The SMILES string of the molecule is Nc1c(O)c(O)c(O)c(O)c1N1N=C(C(O)(O)O)C(O)(O)C1=O. The van der Waals surface area contributed by atoms with Crippen molar-refractivity contribution < 1.29 is 50.8 Å². The summed E-state index contributed by atoms with van der Waals surface area (Å²) >= 11 is 0. The highest BCUT2D eigenvalue weighted by molar-refractivity contribution is 6.23. The molecular formula is C10H11N3O10. The van der Waals surface area contributed by atoms with Gasteiger partial charge >= 0.3 is 11.9 Å². The Kier molecular flexibility index (Phi) is 3.29. The highest BCUT2D eigenvalue weighted by atomic mass is 16.7. The van der Waals surface area contributed by atoms with Crippen LogP contribution in [-0.2, 0) is 4.79 Å². The van der Waals surface area contributed by atoms with E-state index in [0.29, 0.717) is 0 Å². The minimum absolute atomic E-state index is 0.129. The Morgan fingerprint density at radius 1 is 0.957 bits per heavy atom. The minimum Gasteiger partial charge on any atom is -0.503 e. The molecule has 0 fully saturated rings. The summed E-state index contributed by atoms with van der Waals surface area (Å²) < 4.78 is 0. The fourth-order valence-corrected chi connectivity index (χ4v) is 1.83. The number of aliphatic hydroxyl groups is 5. The first-order valence-corrected chi connectivity index (χ1v) is 5.63. The number of aromatic hydroxyl groups is 4. The van der Waals surface area contributed by atoms with Gasteiger partial charge in [-0.2, -0.15) is 10.1 Å². The van der Waals surface area contributed by atoms with E-state index in [4.69, 9.17) is 21.1 Å². The molecule has 2 rings (SSSR count). The van der Waals surface area contributed by atoms with E-state index in [1.807, 2.05) is 0 Å². The molecule has 1 heterocycles. The van der Waals surface area contributed by atoms with Crippen LogP contribution in [0.4, 0.5) is 11.4 Å². The zero-order chi connectivity index (χ0) is 17.9. The molecule has 0 atom stereocenters. The van der Waals surface area contributed by atoms with Crippen LogP contribution in [0.25, 0.3) is 0 Å². The molecule has 23 heavy (non-hydrogen) atoms. The number of nitrogens with zero attached hydrogens (tertiary/aromatic N) is 2. The zero-order valence-corrected chi connectivity index (χ0v) is 10.9. The molecule has 1 aliphatic rings. The number of nitrogen functional groups attached to an aromatic ring is 1. The molecule has 1 aromatic rings. The van der Waals surface area contributed by atoms with Crippen LogP contribution in [0.3, 0.4) is 0 Å². The molecule has 0 aliphatic carbocycles. The van der Waals surface area contributed by atoms with Crippen LogP contribution in [-0.4, -0.2) is 69.3 Å². The van der Waals surface area contributed by atoms with Gasteiger partial charge in [-0.05, 0) is 0 Å². The van der Waals surface area contributed by atoms with Gasteiger partial charge in [0.05, 0.1) is 0 Å². The van der Waals surface area contributed by atoms with Gasteiger partial charge in [0.1, 0.15) is 11.4 Å². The van der Waals surface area contributed by atoms with Gasteiger partial charge in [-0.1, -0.05) is 0 Å². The molecule has 0 spiro atoms. The van der Waals surface area contributed by atoms with E-state index in [1.165, 1.54) is 0 Å². The molecular weight excluding hydrogens is 322 g/mol. The summed E-state index contributed by atoms with van der Waals surface area (Å²) in [5, 5.41) is 86.7. The average Bonchev–Trinajstić information content (AvgIpc) is 2.67. The maximum Gasteiger partial charge on any atom is 0.326 e. The number of nitrogens with two attached hydrogens (primary N) is 1. The quantitative estimate of drug-likeness (QED) is 0.108. The smallest absolute Gasteiger partial charge is 0.326 e. The predicted octanol–water partition coefficient (Wildman–Crippen LogP) is -3.89. The molecule has 126 valence electrons. The van der Waals surface area contributed by atoms with Gasteiger partial charge < -0.3 is 51.7 Å². The van der Waals surface area contributed by atoms with Crippen LogP contribution in [0.2, 0.25) is 0 Å². The Hall–Kier alpha value is -2.84. The highest BCUT2D eigenvalue weighted by Crippen LogP contribution is 2.54. The van der Waals surface area contributed by atoms with Crippen LogP contribution in [0, 0.1) is 0 Å². The van der Waals surface area contributed by atoms with E-state index in [2.05, 4.69) is 5.10 Å². The summed E-state index contributed by atoms with van der Waals surface area (Å²) in [4.78, 5) is 11.9. The van der Waals surface area contributed by atoms with Crippen molar-refractivity contribution in [2.24, 2.45) is 5.10 Å². The van der Waals surface area contributed by atoms with Gasteiger partial charge in [0, 0.05) is 0 Å². The van der Waals surface area contributed by atoms with Crippen molar-refractivity contribution in [2.75, 3.05) is 10.7 Å². The topological polar surface area (TPSA) is 241 Å². The molecule has 0 saturated carbocycles. The van der Waals surface area contributed by atoms with Gasteiger partial charge in [0.2, 0.25) is 11.5 Å². The maximum absolute atomic E-state index is 11.9. The second kappa shape index (κ2) is 4.58. The van der Waals surface area contributed by atoms with Gasteiger partial charge in [-0.15, -0.1) is 0 Å². The van der Waals surface area contributed by atoms with E-state index in [9.17, 15) is 35.4 Å². The number of hydrogen-bond acceptors (Lipinski definition) is 12. The molecule has 0 unspecified atom stereocenters. The third-order valence-corrected chi connectivity index (χ3v) is 2.96. The van der Waals surface area contributed by atoms with Crippen LogP contribution in [0.1, 0.15) is 0 Å². The number of amides is 1. The normalized spacial score (nSPS) is 17.5. The van der Waals surface area contributed by atoms with Crippen molar-refractivity contribution in [1.82, 2.24) is 0 Å². The summed E-state index contributed by atoms with van der Waals surface area (Å²) in [5.41, 5.74) is 1.73. The molecule has 13 heteroatoms. The molecule has 1 amide bonds. The van der Waals surface area contributed by atoms with Crippen LogP contribution < -0.4 is 10.7 Å². The van der Waals surface area contributed by atoms with Crippen LogP contribution in [0.5, 0.6) is 23.0 Å². The number of benzene rings is 1. The molecule has 0 aromatic heterocycles.